The molecule has 0 saturated carbocycles. The van der Waals surface area contributed by atoms with Gasteiger partial charge in [0.25, 0.3) is 0 Å². The predicted molar refractivity (Wildman–Crippen MR) is 133 cm³/mol. The molecule has 1 atom stereocenters. The van der Waals surface area contributed by atoms with Gasteiger partial charge in [-0.1, -0.05) is 67.5 Å². The lowest BCUT2D eigenvalue weighted by Crippen LogP contribution is -2.28. The molecule has 1 unspecified atom stereocenters. The molecule has 7 nitrogen and oxygen atoms in total. The Morgan fingerprint density at radius 2 is 1.09 bits per heavy atom. The number of ether oxygens (including phenoxy) is 2. The average molecular weight is 475 g/mol. The van der Waals surface area contributed by atoms with E-state index >= 15 is 0 Å². The zero-order valence-electron chi connectivity index (χ0n) is 20.3. The van der Waals surface area contributed by atoms with Gasteiger partial charge in [-0.15, -0.1) is 0 Å². The minimum absolute atomic E-state index is 0.00447. The van der Waals surface area contributed by atoms with E-state index in [1.807, 2.05) is 0 Å². The van der Waals surface area contributed by atoms with Gasteiger partial charge in [0.2, 0.25) is 11.8 Å². The Morgan fingerprint density at radius 1 is 0.594 bits per heavy atom. The third-order valence-corrected chi connectivity index (χ3v) is 5.38. The van der Waals surface area contributed by atoms with Gasteiger partial charge in [0.15, 0.2) is 5.52 Å². The van der Waals surface area contributed by atoms with E-state index in [0.29, 0.717) is 58.8 Å². The fourth-order valence-electron chi connectivity index (χ4n) is 3.17. The summed E-state index contributed by atoms with van der Waals surface area (Å²) < 4.78 is 10.6. The largest absolute Gasteiger partial charge is 0.379 e. The van der Waals surface area contributed by atoms with Crippen LogP contribution < -0.4 is 10.6 Å². The summed E-state index contributed by atoms with van der Waals surface area (Å²) >= 11 is 0. The van der Waals surface area contributed by atoms with Crippen LogP contribution in [0.3, 0.4) is 0 Å². The van der Waals surface area contributed by atoms with Crippen LogP contribution in [-0.2, 0) is 23.9 Å². The lowest BCUT2D eigenvalue weighted by molar-refractivity contribution is -0.121. The molecule has 0 aromatic carbocycles. The van der Waals surface area contributed by atoms with Crippen LogP contribution in [0.15, 0.2) is 0 Å². The maximum atomic E-state index is 11.8. The monoisotopic (exact) mass is 474 g/mol. The number of nitrogens with one attached hydrogen (secondary N) is 2. The summed E-state index contributed by atoms with van der Waals surface area (Å²) in [5, 5.41) is 5.76. The molecule has 0 aromatic heterocycles. The zero-order chi connectivity index (χ0) is 23.7. The Kier molecular flexibility index (Phi) is 23.8. The lowest BCUT2D eigenvalue weighted by atomic mass is 10.1. The van der Waals surface area contributed by atoms with Crippen LogP contribution in [0.25, 0.3) is 0 Å². The Labute approximate surface area is 197 Å². The van der Waals surface area contributed by atoms with E-state index in [0.717, 1.165) is 25.7 Å². The number of rotatable bonds is 24. The van der Waals surface area contributed by atoms with Crippen LogP contribution in [0.4, 0.5) is 0 Å². The standard InChI is InChI=1S/C24H47N2O5P/c1-2-3-4-5-6-7-8-9-10-13-22(27)25-16-12-11-14-23(28)26-17-19-31-21-20-30-18-15-24(29)32/h2-21,32H2,1H3,(H,25,27)(H,26,28). The number of hydrogen-bond donors (Lipinski definition) is 2. The van der Waals surface area contributed by atoms with E-state index in [2.05, 4.69) is 26.8 Å². The first-order valence-electron chi connectivity index (χ1n) is 12.5. The summed E-state index contributed by atoms with van der Waals surface area (Å²) in [6, 6.07) is 0. The number of hydrogen-bond acceptors (Lipinski definition) is 5. The second kappa shape index (κ2) is 24.6. The third kappa shape index (κ3) is 25.2. The number of carbonyl (C=O) groups is 3. The first-order chi connectivity index (χ1) is 15.6. The van der Waals surface area contributed by atoms with E-state index in [1.165, 1.54) is 44.9 Å². The van der Waals surface area contributed by atoms with Gasteiger partial charge >= 0.3 is 0 Å². The van der Waals surface area contributed by atoms with Gasteiger partial charge in [-0.05, 0) is 19.3 Å². The third-order valence-electron chi connectivity index (χ3n) is 5.09. The molecule has 0 heterocycles. The summed E-state index contributed by atoms with van der Waals surface area (Å²) in [6.07, 6.45) is 14.3. The Bertz CT molecular complexity index is 477. The Hall–Kier alpha value is -1.04. The van der Waals surface area contributed by atoms with Gasteiger partial charge in [0, 0.05) is 32.4 Å². The maximum Gasteiger partial charge on any atom is 0.220 e. The fourth-order valence-corrected chi connectivity index (χ4v) is 3.29. The fraction of sp³-hybridized carbons (Fsp3) is 0.875. The highest BCUT2D eigenvalue weighted by Gasteiger charge is 2.03. The number of amides is 2. The van der Waals surface area contributed by atoms with Crippen LogP contribution in [0.5, 0.6) is 0 Å². The van der Waals surface area contributed by atoms with Crippen molar-refractivity contribution in [3.05, 3.63) is 0 Å². The highest BCUT2D eigenvalue weighted by atomic mass is 31.0. The minimum atomic E-state index is 0.00447. The first-order valence-corrected chi connectivity index (χ1v) is 13.1. The quantitative estimate of drug-likeness (QED) is 0.162. The smallest absolute Gasteiger partial charge is 0.220 e. The van der Waals surface area contributed by atoms with E-state index in [4.69, 9.17) is 9.47 Å². The molecule has 0 saturated heterocycles. The molecule has 2 amide bonds. The zero-order valence-corrected chi connectivity index (χ0v) is 21.4. The van der Waals surface area contributed by atoms with E-state index in [1.54, 1.807) is 0 Å². The molecule has 0 fully saturated rings. The van der Waals surface area contributed by atoms with E-state index in [9.17, 15) is 14.4 Å². The molecule has 0 radical (unpaired) electrons. The van der Waals surface area contributed by atoms with Crippen LogP contribution in [0.2, 0.25) is 0 Å². The molecular weight excluding hydrogens is 427 g/mol. The Balaban J connectivity index is 3.30. The summed E-state index contributed by atoms with van der Waals surface area (Å²) in [4.78, 5) is 34.3. The van der Waals surface area contributed by atoms with Gasteiger partial charge in [-0.3, -0.25) is 14.4 Å². The van der Waals surface area contributed by atoms with E-state index in [-0.39, 0.29) is 17.3 Å². The molecule has 0 spiro atoms. The lowest BCUT2D eigenvalue weighted by Gasteiger charge is -2.08. The Morgan fingerprint density at radius 3 is 1.69 bits per heavy atom. The summed E-state index contributed by atoms with van der Waals surface area (Å²) in [6.45, 7) is 5.07. The second-order valence-electron chi connectivity index (χ2n) is 8.18. The molecular formula is C24H47N2O5P. The van der Waals surface area contributed by atoms with Crippen molar-refractivity contribution in [2.45, 2.75) is 96.8 Å². The molecule has 0 aliphatic carbocycles. The molecule has 0 rings (SSSR count). The summed E-state index contributed by atoms with van der Waals surface area (Å²) in [7, 11) is 2.12. The van der Waals surface area contributed by atoms with Gasteiger partial charge in [0.1, 0.15) is 0 Å². The number of carbonyl (C=O) groups excluding carboxylic acids is 3. The number of unbranched alkanes of at least 4 members (excludes halogenated alkanes) is 9. The molecule has 0 aliphatic rings. The van der Waals surface area contributed by atoms with E-state index < -0.39 is 0 Å². The van der Waals surface area contributed by atoms with Gasteiger partial charge < -0.3 is 20.1 Å². The molecule has 8 heteroatoms. The van der Waals surface area contributed by atoms with Crippen LogP contribution >= 0.6 is 9.24 Å². The van der Waals surface area contributed by atoms with Crippen molar-refractivity contribution in [1.82, 2.24) is 10.6 Å². The normalized spacial score (nSPS) is 10.8. The van der Waals surface area contributed by atoms with Crippen LogP contribution in [0.1, 0.15) is 96.8 Å². The van der Waals surface area contributed by atoms with Gasteiger partial charge in [-0.2, -0.15) is 0 Å². The molecule has 0 aliphatic heterocycles. The molecule has 2 N–H and O–H groups in total. The van der Waals surface area contributed by atoms with Gasteiger partial charge in [-0.25, -0.2) is 0 Å². The average Bonchev–Trinajstić information content (AvgIpc) is 2.76. The summed E-state index contributed by atoms with van der Waals surface area (Å²) in [5.41, 5.74) is 0.0325. The topological polar surface area (TPSA) is 93.7 Å². The van der Waals surface area contributed by atoms with Crippen molar-refractivity contribution >= 4 is 26.6 Å². The second-order valence-corrected chi connectivity index (χ2v) is 8.82. The van der Waals surface area contributed by atoms with Crippen molar-refractivity contribution in [1.29, 1.82) is 0 Å². The maximum absolute atomic E-state index is 11.8. The SMILES string of the molecule is CCCCCCCCCCCC(=O)NCCCCC(=O)NCCOCCOCCC(=O)P. The van der Waals surface area contributed by atoms with Gasteiger partial charge in [0.05, 0.1) is 26.4 Å². The van der Waals surface area contributed by atoms with Crippen LogP contribution in [0, 0.1) is 0 Å². The van der Waals surface area contributed by atoms with Crippen molar-refractivity contribution < 1.29 is 23.9 Å². The molecule has 0 aromatic rings. The molecule has 0 bridgehead atoms. The molecule has 188 valence electrons. The van der Waals surface area contributed by atoms with Crippen molar-refractivity contribution in [3.8, 4) is 0 Å². The van der Waals surface area contributed by atoms with Crippen molar-refractivity contribution in [2.24, 2.45) is 0 Å². The first kappa shape index (κ1) is 31.0. The minimum Gasteiger partial charge on any atom is -0.379 e. The highest BCUT2D eigenvalue weighted by Crippen LogP contribution is 2.10. The summed E-state index contributed by atoms with van der Waals surface area (Å²) in [5.74, 6) is 0.128. The highest BCUT2D eigenvalue weighted by molar-refractivity contribution is 7.40. The predicted octanol–water partition coefficient (Wildman–Crippen LogP) is 4.14. The van der Waals surface area contributed by atoms with Crippen LogP contribution in [-0.4, -0.2) is 56.9 Å². The van der Waals surface area contributed by atoms with Crippen molar-refractivity contribution in [2.75, 3.05) is 39.5 Å². The van der Waals surface area contributed by atoms with Crippen molar-refractivity contribution in [3.63, 3.8) is 0 Å². The molecule has 32 heavy (non-hydrogen) atoms.